The van der Waals surface area contributed by atoms with Crippen LogP contribution < -0.4 is 0 Å². The topological polar surface area (TPSA) is 27.7 Å². The molecular formula is C7H14O3. The van der Waals surface area contributed by atoms with Crippen molar-refractivity contribution in [2.45, 2.75) is 45.3 Å². The van der Waals surface area contributed by atoms with Crippen LogP contribution in [0.4, 0.5) is 0 Å². The van der Waals surface area contributed by atoms with Crippen LogP contribution >= 0.6 is 0 Å². The van der Waals surface area contributed by atoms with Crippen molar-refractivity contribution < 1.29 is 14.8 Å². The fourth-order valence-corrected chi connectivity index (χ4v) is 1.29. The van der Waals surface area contributed by atoms with Gasteiger partial charge in [-0.1, -0.05) is 5.04 Å². The van der Waals surface area contributed by atoms with Crippen molar-refractivity contribution in [2.24, 2.45) is 0 Å². The molecule has 1 saturated heterocycles. The van der Waals surface area contributed by atoms with Crippen LogP contribution in [0.1, 0.15) is 34.1 Å². The Hall–Kier alpha value is -0.120. The predicted molar refractivity (Wildman–Crippen MR) is 36.0 cm³/mol. The molecule has 0 radical (unpaired) electrons. The molecular weight excluding hydrogens is 132 g/mol. The summed E-state index contributed by atoms with van der Waals surface area (Å²) >= 11 is 0. The van der Waals surface area contributed by atoms with Crippen molar-refractivity contribution in [1.82, 2.24) is 0 Å². The summed E-state index contributed by atoms with van der Waals surface area (Å²) in [6.45, 7) is 7.88. The van der Waals surface area contributed by atoms with Crippen molar-refractivity contribution in [3.8, 4) is 0 Å². The van der Waals surface area contributed by atoms with Crippen LogP contribution in [0.25, 0.3) is 0 Å². The highest BCUT2D eigenvalue weighted by Gasteiger charge is 2.37. The number of rotatable bonds is 0. The Morgan fingerprint density at radius 1 is 0.900 bits per heavy atom. The van der Waals surface area contributed by atoms with Gasteiger partial charge < -0.3 is 0 Å². The zero-order valence-corrected chi connectivity index (χ0v) is 6.93. The molecule has 0 amide bonds. The first-order chi connectivity index (χ1) is 4.41. The Kier molecular flexibility index (Phi) is 1.75. The lowest BCUT2D eigenvalue weighted by atomic mass is 9.92. The predicted octanol–water partition coefficient (Wildman–Crippen LogP) is 1.83. The molecule has 0 aromatic heterocycles. The molecule has 3 heteroatoms. The van der Waals surface area contributed by atoms with Crippen LogP contribution in [0.3, 0.4) is 0 Å². The van der Waals surface area contributed by atoms with Crippen molar-refractivity contribution >= 4 is 0 Å². The van der Waals surface area contributed by atoms with Crippen LogP contribution in [0.2, 0.25) is 0 Å². The van der Waals surface area contributed by atoms with E-state index in [1.165, 1.54) is 0 Å². The minimum atomic E-state index is -0.234. The Morgan fingerprint density at radius 3 is 1.50 bits per heavy atom. The highest BCUT2D eigenvalue weighted by molar-refractivity contribution is 4.80. The summed E-state index contributed by atoms with van der Waals surface area (Å²) in [5.41, 5.74) is -0.469. The quantitative estimate of drug-likeness (QED) is 0.488. The Bertz CT molecular complexity index is 115. The van der Waals surface area contributed by atoms with E-state index in [2.05, 4.69) is 5.04 Å². The molecule has 0 aromatic carbocycles. The number of hydrogen-bond donors (Lipinski definition) is 0. The molecule has 0 aromatic rings. The zero-order valence-electron chi connectivity index (χ0n) is 6.93. The monoisotopic (exact) mass is 146 g/mol. The molecule has 0 unspecified atom stereocenters. The lowest BCUT2D eigenvalue weighted by Gasteiger charge is -2.36. The molecule has 0 atom stereocenters. The normalized spacial score (nSPS) is 30.0. The Balaban J connectivity index is 2.56. The summed E-state index contributed by atoms with van der Waals surface area (Å²) < 4.78 is 0. The molecule has 1 aliphatic rings. The minimum Gasteiger partial charge on any atom is -0.200 e. The van der Waals surface area contributed by atoms with E-state index in [-0.39, 0.29) is 11.2 Å². The van der Waals surface area contributed by atoms with E-state index in [4.69, 9.17) is 9.78 Å². The van der Waals surface area contributed by atoms with Gasteiger partial charge in [0.05, 0.1) is 0 Å². The third kappa shape index (κ3) is 1.94. The van der Waals surface area contributed by atoms with Gasteiger partial charge >= 0.3 is 0 Å². The van der Waals surface area contributed by atoms with Gasteiger partial charge in [-0.15, -0.1) is 0 Å². The van der Waals surface area contributed by atoms with Crippen molar-refractivity contribution in [3.05, 3.63) is 0 Å². The summed E-state index contributed by atoms with van der Waals surface area (Å²) in [5, 5.41) is 4.50. The second kappa shape index (κ2) is 2.19. The standard InChI is InChI=1S/C7H14O3/c1-6(2)5-7(3,4)9-10-8-6/h5H2,1-4H3. The highest BCUT2D eigenvalue weighted by atomic mass is 17.5. The molecule has 1 aliphatic heterocycles. The van der Waals surface area contributed by atoms with E-state index in [9.17, 15) is 0 Å². The summed E-state index contributed by atoms with van der Waals surface area (Å²) in [6, 6.07) is 0. The lowest BCUT2D eigenvalue weighted by molar-refractivity contribution is -0.595. The van der Waals surface area contributed by atoms with E-state index < -0.39 is 0 Å². The molecule has 1 fully saturated rings. The van der Waals surface area contributed by atoms with E-state index >= 15 is 0 Å². The van der Waals surface area contributed by atoms with E-state index in [1.54, 1.807) is 0 Å². The number of hydrogen-bond acceptors (Lipinski definition) is 3. The summed E-state index contributed by atoms with van der Waals surface area (Å²) in [6.07, 6.45) is 0.833. The zero-order chi connectivity index (χ0) is 7.83. The molecule has 10 heavy (non-hydrogen) atoms. The average molecular weight is 146 g/mol. The second-order valence-electron chi connectivity index (χ2n) is 3.93. The van der Waals surface area contributed by atoms with Gasteiger partial charge in [0.25, 0.3) is 0 Å². The molecule has 3 nitrogen and oxygen atoms in total. The Morgan fingerprint density at radius 2 is 1.30 bits per heavy atom. The van der Waals surface area contributed by atoms with Crippen molar-refractivity contribution in [2.75, 3.05) is 0 Å². The molecule has 0 spiro atoms. The second-order valence-corrected chi connectivity index (χ2v) is 3.93. The smallest absolute Gasteiger partial charge is 0.104 e. The van der Waals surface area contributed by atoms with Gasteiger partial charge in [-0.3, -0.25) is 0 Å². The molecule has 0 N–H and O–H groups in total. The van der Waals surface area contributed by atoms with Gasteiger partial charge in [-0.2, -0.15) is 9.78 Å². The van der Waals surface area contributed by atoms with Gasteiger partial charge in [-0.25, -0.2) is 0 Å². The maximum Gasteiger partial charge on any atom is 0.104 e. The molecule has 0 saturated carbocycles. The first-order valence-electron chi connectivity index (χ1n) is 3.45. The summed E-state index contributed by atoms with van der Waals surface area (Å²) in [7, 11) is 0. The maximum atomic E-state index is 4.88. The van der Waals surface area contributed by atoms with Crippen LogP contribution in [-0.2, 0) is 14.8 Å². The van der Waals surface area contributed by atoms with E-state index in [0.717, 1.165) is 6.42 Å². The van der Waals surface area contributed by atoms with Gasteiger partial charge in [0, 0.05) is 6.42 Å². The van der Waals surface area contributed by atoms with E-state index in [0.29, 0.717) is 0 Å². The SMILES string of the molecule is CC1(C)CC(C)(C)OOO1. The molecule has 0 bridgehead atoms. The third-order valence-corrected chi connectivity index (χ3v) is 1.37. The first-order valence-corrected chi connectivity index (χ1v) is 3.45. The fourth-order valence-electron chi connectivity index (χ4n) is 1.29. The van der Waals surface area contributed by atoms with Crippen LogP contribution in [0.5, 0.6) is 0 Å². The summed E-state index contributed by atoms with van der Waals surface area (Å²) in [4.78, 5) is 9.76. The van der Waals surface area contributed by atoms with Crippen molar-refractivity contribution in [3.63, 3.8) is 0 Å². The van der Waals surface area contributed by atoms with Crippen molar-refractivity contribution in [1.29, 1.82) is 0 Å². The minimum absolute atomic E-state index is 0.234. The average Bonchev–Trinajstić information content (AvgIpc) is 1.56. The van der Waals surface area contributed by atoms with Gasteiger partial charge in [0.15, 0.2) is 0 Å². The van der Waals surface area contributed by atoms with Crippen LogP contribution in [-0.4, -0.2) is 11.2 Å². The van der Waals surface area contributed by atoms with E-state index in [1.807, 2.05) is 27.7 Å². The van der Waals surface area contributed by atoms with Crippen LogP contribution in [0, 0.1) is 0 Å². The molecule has 1 heterocycles. The first kappa shape index (κ1) is 7.98. The lowest BCUT2D eigenvalue weighted by Crippen LogP contribution is -2.42. The fraction of sp³-hybridized carbons (Fsp3) is 1.00. The van der Waals surface area contributed by atoms with Gasteiger partial charge in [0.1, 0.15) is 11.2 Å². The molecule has 0 aliphatic carbocycles. The maximum absolute atomic E-state index is 4.88. The highest BCUT2D eigenvalue weighted by Crippen LogP contribution is 2.31. The molecule has 1 rings (SSSR count). The largest absolute Gasteiger partial charge is 0.200 e. The summed E-state index contributed by atoms with van der Waals surface area (Å²) in [5.74, 6) is 0. The molecule has 60 valence electrons. The third-order valence-electron chi connectivity index (χ3n) is 1.37. The Labute approximate surface area is 61.1 Å². The van der Waals surface area contributed by atoms with Gasteiger partial charge in [0.2, 0.25) is 0 Å². The van der Waals surface area contributed by atoms with Crippen LogP contribution in [0.15, 0.2) is 0 Å². The van der Waals surface area contributed by atoms with Gasteiger partial charge in [-0.05, 0) is 27.7 Å².